The Bertz CT molecular complexity index is 642. The smallest absolute Gasteiger partial charge is 0.182 e. The number of aryl methyl sites for hydroxylation is 1. The van der Waals surface area contributed by atoms with E-state index in [1.165, 1.54) is 10.5 Å². The number of Topliss-reactive ketones (excluding diaryl/α,β-unsaturated/α-hetero) is 1. The van der Waals surface area contributed by atoms with E-state index in [9.17, 15) is 4.79 Å². The summed E-state index contributed by atoms with van der Waals surface area (Å²) in [4.78, 5) is 16.9. The Morgan fingerprint density at radius 2 is 1.36 bits per heavy atom. The second-order valence-electron chi connectivity index (χ2n) is 6.22. The largest absolute Gasteiger partial charge is 0.297 e. The Balaban J connectivity index is 2.13. The van der Waals surface area contributed by atoms with E-state index in [1.54, 1.807) is 11.8 Å². The van der Waals surface area contributed by atoms with E-state index < -0.39 is 5.54 Å². The number of rotatable bonds is 5. The van der Waals surface area contributed by atoms with E-state index >= 15 is 0 Å². The van der Waals surface area contributed by atoms with Gasteiger partial charge < -0.3 is 0 Å². The van der Waals surface area contributed by atoms with Gasteiger partial charge in [-0.15, -0.1) is 0 Å². The van der Waals surface area contributed by atoms with Gasteiger partial charge >= 0.3 is 0 Å². The summed E-state index contributed by atoms with van der Waals surface area (Å²) in [5, 5.41) is 0. The molecule has 0 aliphatic rings. The number of carbonyl (C=O) groups excluding carboxylic acids is 1. The first kappa shape index (κ1) is 16.8. The van der Waals surface area contributed by atoms with Gasteiger partial charge in [0, 0.05) is 15.4 Å². The molecule has 0 atom stereocenters. The normalized spacial score (nSPS) is 11.7. The Labute approximate surface area is 137 Å². The van der Waals surface area contributed by atoms with Gasteiger partial charge in [-0.3, -0.25) is 9.69 Å². The van der Waals surface area contributed by atoms with Crippen molar-refractivity contribution in [1.29, 1.82) is 0 Å². The van der Waals surface area contributed by atoms with Crippen LogP contribution < -0.4 is 0 Å². The molecule has 0 aliphatic heterocycles. The Hall–Kier alpha value is -1.58. The van der Waals surface area contributed by atoms with Gasteiger partial charge in [0.05, 0.1) is 5.54 Å². The predicted molar refractivity (Wildman–Crippen MR) is 93.8 cm³/mol. The summed E-state index contributed by atoms with van der Waals surface area (Å²) in [5.41, 5.74) is 1.52. The summed E-state index contributed by atoms with van der Waals surface area (Å²) in [6.45, 7) is 5.98. The van der Waals surface area contributed by atoms with Crippen LogP contribution >= 0.6 is 11.8 Å². The topological polar surface area (TPSA) is 20.3 Å². The van der Waals surface area contributed by atoms with Crippen molar-refractivity contribution in [1.82, 2.24) is 4.90 Å². The van der Waals surface area contributed by atoms with Gasteiger partial charge in [-0.05, 0) is 59.1 Å². The fourth-order valence-corrected chi connectivity index (χ4v) is 2.79. The lowest BCUT2D eigenvalue weighted by molar-refractivity contribution is 0.0755. The average Bonchev–Trinajstić information content (AvgIpc) is 2.49. The van der Waals surface area contributed by atoms with Crippen molar-refractivity contribution in [3.05, 3.63) is 59.7 Å². The molecule has 2 nitrogen and oxygen atoms in total. The van der Waals surface area contributed by atoms with E-state index in [0.29, 0.717) is 0 Å². The highest BCUT2D eigenvalue weighted by molar-refractivity contribution is 7.99. The molecule has 2 aromatic rings. The quantitative estimate of drug-likeness (QED) is 0.748. The highest BCUT2D eigenvalue weighted by Gasteiger charge is 2.30. The highest BCUT2D eigenvalue weighted by atomic mass is 32.2. The van der Waals surface area contributed by atoms with Gasteiger partial charge in [0.1, 0.15) is 0 Å². The van der Waals surface area contributed by atoms with Crippen molar-refractivity contribution >= 4 is 17.5 Å². The van der Waals surface area contributed by atoms with Gasteiger partial charge in [-0.2, -0.15) is 0 Å². The molecular formula is C19H23NOS. The Kier molecular flexibility index (Phi) is 5.09. The van der Waals surface area contributed by atoms with E-state index in [2.05, 4.69) is 31.2 Å². The third-order valence-electron chi connectivity index (χ3n) is 4.05. The zero-order valence-electron chi connectivity index (χ0n) is 13.9. The molecule has 3 heteroatoms. The number of benzene rings is 2. The molecular weight excluding hydrogens is 290 g/mol. The molecule has 0 saturated carbocycles. The number of likely N-dealkylation sites (N-methyl/N-ethyl adjacent to an activating group) is 1. The zero-order valence-corrected chi connectivity index (χ0v) is 14.7. The molecule has 0 aromatic heterocycles. The molecule has 0 aliphatic carbocycles. The second kappa shape index (κ2) is 6.67. The summed E-state index contributed by atoms with van der Waals surface area (Å²) in [6.07, 6.45) is 0. The first-order valence-electron chi connectivity index (χ1n) is 7.37. The van der Waals surface area contributed by atoms with Crippen molar-refractivity contribution in [2.24, 2.45) is 0 Å². The van der Waals surface area contributed by atoms with Gasteiger partial charge in [0.15, 0.2) is 5.78 Å². The first-order valence-corrected chi connectivity index (χ1v) is 8.19. The average molecular weight is 313 g/mol. The minimum absolute atomic E-state index is 0.143. The monoisotopic (exact) mass is 313 g/mol. The summed E-state index contributed by atoms with van der Waals surface area (Å²) in [5.74, 6) is 0.143. The Morgan fingerprint density at radius 1 is 0.909 bits per heavy atom. The minimum atomic E-state index is -0.494. The summed E-state index contributed by atoms with van der Waals surface area (Å²) < 4.78 is 0. The van der Waals surface area contributed by atoms with Crippen LogP contribution in [0.2, 0.25) is 0 Å². The van der Waals surface area contributed by atoms with Crippen LogP contribution in [0.4, 0.5) is 0 Å². The van der Waals surface area contributed by atoms with Crippen molar-refractivity contribution < 1.29 is 4.79 Å². The number of hydrogen-bond donors (Lipinski definition) is 0. The fourth-order valence-electron chi connectivity index (χ4n) is 1.97. The third-order valence-corrected chi connectivity index (χ3v) is 5.06. The van der Waals surface area contributed by atoms with E-state index in [0.717, 1.165) is 10.5 Å². The van der Waals surface area contributed by atoms with Crippen LogP contribution in [0.25, 0.3) is 0 Å². The molecule has 0 spiro atoms. The molecule has 0 fully saturated rings. The second-order valence-corrected chi connectivity index (χ2v) is 7.37. The van der Waals surface area contributed by atoms with Crippen LogP contribution in [0.3, 0.4) is 0 Å². The summed E-state index contributed by atoms with van der Waals surface area (Å²) >= 11 is 1.71. The number of nitrogens with zero attached hydrogens (tertiary/aromatic N) is 1. The van der Waals surface area contributed by atoms with Crippen LogP contribution in [0.1, 0.15) is 29.8 Å². The molecule has 2 rings (SSSR count). The molecule has 116 valence electrons. The molecule has 0 heterocycles. The standard InChI is InChI=1S/C19H23NOS/c1-14-6-10-16(11-7-14)22-17-12-8-15(9-13-17)18(21)19(2,3)20(4)5/h6-13H,1-5H3. The van der Waals surface area contributed by atoms with Crippen LogP contribution in [0.5, 0.6) is 0 Å². The number of ketones is 1. The number of hydrogen-bond acceptors (Lipinski definition) is 3. The van der Waals surface area contributed by atoms with Crippen molar-refractivity contribution in [2.75, 3.05) is 14.1 Å². The molecule has 0 saturated heterocycles. The highest BCUT2D eigenvalue weighted by Crippen LogP contribution is 2.28. The molecule has 0 radical (unpaired) electrons. The van der Waals surface area contributed by atoms with Gasteiger partial charge in [-0.25, -0.2) is 0 Å². The van der Waals surface area contributed by atoms with E-state index in [1.807, 2.05) is 57.1 Å². The van der Waals surface area contributed by atoms with Crippen LogP contribution in [0.15, 0.2) is 58.3 Å². The van der Waals surface area contributed by atoms with E-state index in [-0.39, 0.29) is 5.78 Å². The van der Waals surface area contributed by atoms with Crippen LogP contribution in [0, 0.1) is 6.92 Å². The van der Waals surface area contributed by atoms with Crippen molar-refractivity contribution in [3.8, 4) is 0 Å². The van der Waals surface area contributed by atoms with Crippen molar-refractivity contribution in [3.63, 3.8) is 0 Å². The van der Waals surface area contributed by atoms with E-state index in [4.69, 9.17) is 0 Å². The molecule has 0 bridgehead atoms. The van der Waals surface area contributed by atoms with Gasteiger partial charge in [0.2, 0.25) is 0 Å². The van der Waals surface area contributed by atoms with Crippen LogP contribution in [-0.4, -0.2) is 30.3 Å². The minimum Gasteiger partial charge on any atom is -0.297 e. The molecule has 2 aromatic carbocycles. The maximum absolute atomic E-state index is 12.6. The number of carbonyl (C=O) groups is 1. The molecule has 0 amide bonds. The lowest BCUT2D eigenvalue weighted by Crippen LogP contribution is -2.45. The van der Waals surface area contributed by atoms with Crippen LogP contribution in [-0.2, 0) is 0 Å². The van der Waals surface area contributed by atoms with Gasteiger partial charge in [-0.1, -0.05) is 41.6 Å². The third kappa shape index (κ3) is 3.79. The van der Waals surface area contributed by atoms with Gasteiger partial charge in [0.25, 0.3) is 0 Å². The maximum atomic E-state index is 12.6. The summed E-state index contributed by atoms with van der Waals surface area (Å²) in [6, 6.07) is 16.3. The zero-order chi connectivity index (χ0) is 16.3. The fraction of sp³-hybridized carbons (Fsp3) is 0.316. The predicted octanol–water partition coefficient (Wildman–Crippen LogP) is 4.67. The molecule has 0 unspecified atom stereocenters. The maximum Gasteiger partial charge on any atom is 0.182 e. The summed E-state index contributed by atoms with van der Waals surface area (Å²) in [7, 11) is 3.86. The lowest BCUT2D eigenvalue weighted by Gasteiger charge is -2.30. The lowest BCUT2D eigenvalue weighted by atomic mass is 9.92. The van der Waals surface area contributed by atoms with Crippen molar-refractivity contribution in [2.45, 2.75) is 36.1 Å². The Morgan fingerprint density at radius 3 is 1.82 bits per heavy atom. The molecule has 22 heavy (non-hydrogen) atoms. The SMILES string of the molecule is Cc1ccc(Sc2ccc(C(=O)C(C)(C)N(C)C)cc2)cc1. The molecule has 0 N–H and O–H groups in total. The first-order chi connectivity index (χ1) is 10.3.